The molecule has 9 nitrogen and oxygen atoms in total. The van der Waals surface area contributed by atoms with Gasteiger partial charge < -0.3 is 14.8 Å². The van der Waals surface area contributed by atoms with Crippen molar-refractivity contribution < 1.29 is 14.3 Å². The Kier molecular flexibility index (Phi) is 6.11. The maximum absolute atomic E-state index is 15.3. The van der Waals surface area contributed by atoms with Crippen LogP contribution in [0, 0.1) is 5.82 Å². The van der Waals surface area contributed by atoms with Gasteiger partial charge in [-0.05, 0) is 63.0 Å². The molecule has 0 aliphatic rings. The number of hydrogen-bond acceptors (Lipinski definition) is 7. The molecule has 0 aliphatic heterocycles. The molecule has 1 atom stereocenters. The monoisotopic (exact) mass is 487 g/mol. The number of benzene rings is 2. The van der Waals surface area contributed by atoms with Crippen molar-refractivity contribution in [3.63, 3.8) is 0 Å². The third kappa shape index (κ3) is 4.50. The zero-order valence-corrected chi connectivity index (χ0v) is 20.4. The van der Waals surface area contributed by atoms with Crippen molar-refractivity contribution in [2.75, 3.05) is 20.6 Å². The summed E-state index contributed by atoms with van der Waals surface area (Å²) in [4.78, 5) is 15.1. The van der Waals surface area contributed by atoms with Gasteiger partial charge in [0.05, 0.1) is 22.6 Å². The van der Waals surface area contributed by atoms with Gasteiger partial charge in [0.1, 0.15) is 23.9 Å². The van der Waals surface area contributed by atoms with Crippen molar-refractivity contribution in [3.05, 3.63) is 72.6 Å². The molecule has 3 heterocycles. The van der Waals surface area contributed by atoms with Gasteiger partial charge in [-0.25, -0.2) is 14.4 Å². The molecule has 0 bridgehead atoms. The molecule has 0 radical (unpaired) electrons. The lowest BCUT2D eigenvalue weighted by atomic mass is 10.1. The quantitative estimate of drug-likeness (QED) is 0.365. The highest BCUT2D eigenvalue weighted by molar-refractivity contribution is 5.89. The van der Waals surface area contributed by atoms with E-state index >= 15 is 4.39 Å². The number of hydrogen-bond donors (Lipinski definition) is 1. The number of ether oxygens (including phenoxy) is 1. The molecule has 184 valence electrons. The third-order valence-corrected chi connectivity index (χ3v) is 5.74. The molecular weight excluding hydrogens is 461 g/mol. The third-order valence-electron chi connectivity index (χ3n) is 5.74. The molecule has 2 aromatic carbocycles. The Morgan fingerprint density at radius 1 is 1.14 bits per heavy atom. The first-order valence-electron chi connectivity index (χ1n) is 11.4. The molecule has 10 heteroatoms. The summed E-state index contributed by atoms with van der Waals surface area (Å²) in [7, 11) is 5.77. The second-order valence-electron chi connectivity index (χ2n) is 8.96. The Labute approximate surface area is 206 Å². The Morgan fingerprint density at radius 3 is 2.72 bits per heavy atom. The number of aromatic nitrogens is 5. The van der Waals surface area contributed by atoms with Crippen LogP contribution in [0.4, 0.5) is 10.1 Å². The highest BCUT2D eigenvalue weighted by Gasteiger charge is 2.17. The standard InChI is InChI=1S/C26H26FN7O2/c1-16(13-32(2)3)36-23-11-17(18-12-30-33(4)14-18)10-22-24(23)26(34(35)15-29-22)31-21-8-7-20-19(25(21)27)6-5-9-28-20/h5-12,14-16,35H,13H2,1-4H3/t16-/m1/s1. The second kappa shape index (κ2) is 9.38. The van der Waals surface area contributed by atoms with Gasteiger partial charge in [0.25, 0.3) is 0 Å². The second-order valence-corrected chi connectivity index (χ2v) is 8.96. The number of likely N-dealkylation sites (N-methyl/N-ethyl adjacent to an activating group) is 1. The number of nitrogens with zero attached hydrogens (tertiary/aromatic N) is 7. The van der Waals surface area contributed by atoms with Gasteiger partial charge in [-0.3, -0.25) is 9.67 Å². The minimum absolute atomic E-state index is 0.0643. The number of rotatable bonds is 6. The zero-order chi connectivity index (χ0) is 25.4. The Morgan fingerprint density at radius 2 is 1.97 bits per heavy atom. The largest absolute Gasteiger partial charge is 0.489 e. The topological polar surface area (TPSA) is 93.6 Å². The van der Waals surface area contributed by atoms with E-state index < -0.39 is 5.82 Å². The Hall–Kier alpha value is -4.31. The molecule has 5 rings (SSSR count). The molecule has 5 aromatic rings. The SMILES string of the molecule is C[C@H](CN(C)C)Oc1cc(-c2cnn(C)c2)cc2ncn(O)c(=Nc3ccc4ncccc4c3F)c12. The van der Waals surface area contributed by atoms with E-state index in [1.807, 2.05) is 51.3 Å². The first-order valence-corrected chi connectivity index (χ1v) is 11.4. The summed E-state index contributed by atoms with van der Waals surface area (Å²) in [6, 6.07) is 10.3. The molecule has 1 N–H and O–H groups in total. The lowest BCUT2D eigenvalue weighted by molar-refractivity contribution is 0.167. The fraction of sp³-hybridized carbons (Fsp3) is 0.231. The van der Waals surface area contributed by atoms with Crippen LogP contribution in [-0.4, -0.2) is 61.3 Å². The molecule has 0 fully saturated rings. The highest BCUT2D eigenvalue weighted by atomic mass is 19.1. The summed E-state index contributed by atoms with van der Waals surface area (Å²) >= 11 is 0. The molecular formula is C26H26FN7O2. The first-order chi connectivity index (χ1) is 17.3. The van der Waals surface area contributed by atoms with Gasteiger partial charge in [-0.1, -0.05) is 0 Å². The van der Waals surface area contributed by atoms with Gasteiger partial charge >= 0.3 is 0 Å². The van der Waals surface area contributed by atoms with E-state index in [-0.39, 0.29) is 17.3 Å². The van der Waals surface area contributed by atoms with E-state index in [9.17, 15) is 5.21 Å². The molecule has 0 spiro atoms. The van der Waals surface area contributed by atoms with Crippen LogP contribution in [0.5, 0.6) is 5.75 Å². The zero-order valence-electron chi connectivity index (χ0n) is 20.4. The number of pyridine rings is 1. The van der Waals surface area contributed by atoms with Gasteiger partial charge in [0.15, 0.2) is 11.3 Å². The van der Waals surface area contributed by atoms with Gasteiger partial charge in [-0.15, -0.1) is 0 Å². The first kappa shape index (κ1) is 23.4. The van der Waals surface area contributed by atoms with Crippen LogP contribution in [0.2, 0.25) is 0 Å². The van der Waals surface area contributed by atoms with Crippen LogP contribution < -0.4 is 10.2 Å². The van der Waals surface area contributed by atoms with Crippen molar-refractivity contribution in [2.24, 2.45) is 12.0 Å². The molecule has 0 saturated heterocycles. The Balaban J connectivity index is 1.76. The van der Waals surface area contributed by atoms with Crippen molar-refractivity contribution in [1.29, 1.82) is 0 Å². The summed E-state index contributed by atoms with van der Waals surface area (Å²) in [5.41, 5.74) is 2.96. The number of halogens is 1. The predicted molar refractivity (Wildman–Crippen MR) is 135 cm³/mol. The van der Waals surface area contributed by atoms with E-state index in [0.29, 0.717) is 34.1 Å². The van der Waals surface area contributed by atoms with Crippen molar-refractivity contribution in [2.45, 2.75) is 13.0 Å². The van der Waals surface area contributed by atoms with Crippen molar-refractivity contribution in [1.82, 2.24) is 29.4 Å². The summed E-state index contributed by atoms with van der Waals surface area (Å²) in [5, 5.41) is 15.8. The fourth-order valence-electron chi connectivity index (χ4n) is 4.22. The van der Waals surface area contributed by atoms with Crippen LogP contribution in [0.25, 0.3) is 32.9 Å². The average molecular weight is 488 g/mol. The number of aryl methyl sites for hydroxylation is 1. The van der Waals surface area contributed by atoms with E-state index in [2.05, 4.69) is 20.1 Å². The van der Waals surface area contributed by atoms with E-state index in [1.54, 1.807) is 35.3 Å². The van der Waals surface area contributed by atoms with Crippen LogP contribution in [0.3, 0.4) is 0 Å². The summed E-state index contributed by atoms with van der Waals surface area (Å²) in [6.45, 7) is 2.62. The van der Waals surface area contributed by atoms with Crippen molar-refractivity contribution in [3.8, 4) is 16.9 Å². The lowest BCUT2D eigenvalue weighted by Crippen LogP contribution is -2.29. The van der Waals surface area contributed by atoms with Crippen LogP contribution in [0.1, 0.15) is 6.92 Å². The lowest BCUT2D eigenvalue weighted by Gasteiger charge is -2.20. The predicted octanol–water partition coefficient (Wildman–Crippen LogP) is 3.92. The van der Waals surface area contributed by atoms with Crippen LogP contribution >= 0.6 is 0 Å². The molecule has 36 heavy (non-hydrogen) atoms. The normalized spacial score (nSPS) is 13.1. The molecule has 0 unspecified atom stereocenters. The minimum atomic E-state index is -0.527. The van der Waals surface area contributed by atoms with Gasteiger partial charge in [0, 0.05) is 36.9 Å². The van der Waals surface area contributed by atoms with Crippen LogP contribution in [0.15, 0.2) is 66.3 Å². The summed E-state index contributed by atoms with van der Waals surface area (Å²) < 4.78 is 24.2. The fourth-order valence-corrected chi connectivity index (χ4v) is 4.22. The molecule has 0 amide bonds. The van der Waals surface area contributed by atoms with E-state index in [4.69, 9.17) is 4.74 Å². The van der Waals surface area contributed by atoms with Crippen LogP contribution in [-0.2, 0) is 7.05 Å². The summed E-state index contributed by atoms with van der Waals surface area (Å²) in [6.07, 6.45) is 6.31. The van der Waals surface area contributed by atoms with E-state index in [0.717, 1.165) is 15.9 Å². The minimum Gasteiger partial charge on any atom is -0.489 e. The molecule has 0 saturated carbocycles. The van der Waals surface area contributed by atoms with Crippen molar-refractivity contribution >= 4 is 27.5 Å². The number of fused-ring (bicyclic) bond motifs is 2. The highest BCUT2D eigenvalue weighted by Crippen LogP contribution is 2.31. The molecule has 3 aromatic heterocycles. The summed E-state index contributed by atoms with van der Waals surface area (Å²) in [5.74, 6) is -0.0563. The van der Waals surface area contributed by atoms with Gasteiger partial charge in [0.2, 0.25) is 0 Å². The van der Waals surface area contributed by atoms with E-state index in [1.165, 1.54) is 12.4 Å². The molecule has 0 aliphatic carbocycles. The van der Waals surface area contributed by atoms with Gasteiger partial charge in [-0.2, -0.15) is 9.83 Å². The smallest absolute Gasteiger partial charge is 0.183 e. The average Bonchev–Trinajstić information content (AvgIpc) is 3.28. The maximum atomic E-state index is 15.3. The Bertz CT molecular complexity index is 1640. The maximum Gasteiger partial charge on any atom is 0.183 e.